The molecular weight excluding hydrogens is 1300 g/mol. The third kappa shape index (κ3) is 17.4. The summed E-state index contributed by atoms with van der Waals surface area (Å²) in [6.45, 7) is 9.23. The molecule has 10 amide bonds. The zero-order chi connectivity index (χ0) is 70.5. The lowest BCUT2D eigenvalue weighted by Crippen LogP contribution is -2.58. The number of ether oxygens (including phenoxy) is 5. The molecule has 27 heteroatoms. The van der Waals surface area contributed by atoms with Crippen molar-refractivity contribution < 1.29 is 76.7 Å². The van der Waals surface area contributed by atoms with E-state index < -0.39 is 71.2 Å². The second-order valence-corrected chi connectivity index (χ2v) is 27.5. The summed E-state index contributed by atoms with van der Waals surface area (Å²) in [6, 6.07) is 17.1. The number of unbranched alkanes of at least 4 members (excludes halogenated alkanes) is 5. The average molecular weight is 1390 g/mol. The van der Waals surface area contributed by atoms with E-state index in [-0.39, 0.29) is 105 Å². The second-order valence-electron chi connectivity index (χ2n) is 27.1. The van der Waals surface area contributed by atoms with Gasteiger partial charge in [0.05, 0.1) is 36.7 Å². The number of nitrogens with zero attached hydrogens (tertiary/aromatic N) is 6. The molecular formula is C72H91ClN10O16. The maximum Gasteiger partial charge on any atom is 0.416 e. The molecule has 0 radical (unpaired) electrons. The molecule has 5 heterocycles. The Morgan fingerprint density at radius 3 is 2.14 bits per heavy atom. The highest BCUT2D eigenvalue weighted by Crippen LogP contribution is 2.47. The molecule has 6 aliphatic rings. The Kier molecular flexibility index (Phi) is 24.1. The molecule has 4 atom stereocenters. The van der Waals surface area contributed by atoms with Crippen LogP contribution in [0.5, 0.6) is 17.2 Å². The van der Waals surface area contributed by atoms with Gasteiger partial charge in [-0.05, 0) is 146 Å². The van der Waals surface area contributed by atoms with Crippen LogP contribution in [0, 0.1) is 5.41 Å². The van der Waals surface area contributed by atoms with E-state index in [2.05, 4.69) is 26.2 Å². The number of hydrogen-bond donors (Lipinski definition) is 5. The third-order valence-corrected chi connectivity index (χ3v) is 19.5. The number of carbonyl (C=O) groups is 10. The molecule has 1 saturated carbocycles. The Balaban J connectivity index is 0.747. The van der Waals surface area contributed by atoms with Crippen LogP contribution in [0.3, 0.4) is 0 Å². The first-order chi connectivity index (χ1) is 47.6. The number of likely N-dealkylation sites (N-methyl/N-ethyl adjacent to an activating group) is 1. The number of fused-ring (bicyclic) bond motifs is 5. The van der Waals surface area contributed by atoms with Crippen molar-refractivity contribution in [3.63, 3.8) is 0 Å². The number of rotatable bonds is 28. The molecule has 26 nitrogen and oxygen atoms in total. The molecule has 4 aromatic carbocycles. The van der Waals surface area contributed by atoms with Gasteiger partial charge < -0.3 is 69.7 Å². The molecule has 0 aromatic heterocycles. The van der Waals surface area contributed by atoms with E-state index in [1.165, 1.54) is 31.4 Å². The zero-order valence-corrected chi connectivity index (χ0v) is 57.8. The Bertz CT molecular complexity index is 3680. The number of anilines is 3. The number of carbonyl (C=O) groups excluding carboxylic acids is 10. The van der Waals surface area contributed by atoms with E-state index in [0.717, 1.165) is 39.2 Å². The first kappa shape index (κ1) is 72.7. The van der Waals surface area contributed by atoms with Gasteiger partial charge in [0.15, 0.2) is 17.7 Å². The number of aliphatic hydroxyl groups excluding tert-OH is 1. The minimum Gasteiger partial charge on any atom is -0.493 e. The van der Waals surface area contributed by atoms with Gasteiger partial charge in [0.25, 0.3) is 17.7 Å². The van der Waals surface area contributed by atoms with Gasteiger partial charge in [-0.25, -0.2) is 19.3 Å². The fourth-order valence-electron chi connectivity index (χ4n) is 13.5. The number of piperazine rings is 1. The number of halogens is 1. The van der Waals surface area contributed by atoms with E-state index in [9.17, 15) is 53.1 Å². The quantitative estimate of drug-likeness (QED) is 0.0154. The fraction of sp³-hybridized carbons (Fsp3) is 0.528. The highest BCUT2D eigenvalue weighted by molar-refractivity contribution is 6.19. The molecule has 99 heavy (non-hydrogen) atoms. The first-order valence-corrected chi connectivity index (χ1v) is 35.0. The number of alkyl carbamates (subject to hydrolysis) is 1. The lowest BCUT2D eigenvalue weighted by atomic mass is 9.67. The standard InChI is InChI=1S/C72H91ClN10O16/c1-71(2,3)99-68(92)75-32-13-11-20-52(77-67(91)72(29-17-30-72)66(90)74-31-12-7-14-33-81-60(85)27-28-61(81)86)63(87)76-48-25-23-46(24-26-48)45-97-70(94)83-54-41-58(57(95-5)40-51(54)64(88)80-34-16-21-53(80)65(83)89)96-39-15-6-8-22-59(84)82-44-47(43-73)62-50-19-10-9-18-49(50)56(42-55(62)82)98-69(93)79-37-35-78(4)36-38-79/h9-10,18-19,23-28,40-42,47,52-53,65,89H,6-8,11-17,20-22,29-39,43-45H2,1-5H3,(H,74,90)(H,75,92)(H,76,87)(H,77,91)/t47-,52+,53+,65?/m1/s1. The summed E-state index contributed by atoms with van der Waals surface area (Å²) in [7, 11) is 3.45. The maximum atomic E-state index is 14.4. The van der Waals surface area contributed by atoms with Crippen molar-refractivity contribution in [1.82, 2.24) is 35.6 Å². The highest BCUT2D eigenvalue weighted by Gasteiger charge is 2.52. The molecule has 532 valence electrons. The van der Waals surface area contributed by atoms with E-state index >= 15 is 0 Å². The second kappa shape index (κ2) is 32.8. The summed E-state index contributed by atoms with van der Waals surface area (Å²) in [5.74, 6) is -1.82. The van der Waals surface area contributed by atoms with Crippen molar-refractivity contribution in [2.24, 2.45) is 5.41 Å². The summed E-state index contributed by atoms with van der Waals surface area (Å²) < 4.78 is 29.3. The minimum atomic E-state index is -1.50. The van der Waals surface area contributed by atoms with E-state index in [4.69, 9.17) is 35.3 Å². The summed E-state index contributed by atoms with van der Waals surface area (Å²) in [6.07, 6.45) is 5.78. The highest BCUT2D eigenvalue weighted by atomic mass is 35.5. The van der Waals surface area contributed by atoms with Gasteiger partial charge in [0.1, 0.15) is 29.4 Å². The van der Waals surface area contributed by atoms with Crippen molar-refractivity contribution >= 4 is 99.1 Å². The van der Waals surface area contributed by atoms with Crippen LogP contribution in [-0.2, 0) is 44.8 Å². The molecule has 2 saturated heterocycles. The molecule has 1 aliphatic carbocycles. The average Bonchev–Trinajstić information content (AvgIpc) is 1.66. The maximum absolute atomic E-state index is 14.4. The van der Waals surface area contributed by atoms with Crippen molar-refractivity contribution in [3.8, 4) is 17.2 Å². The molecule has 4 aromatic rings. The number of aliphatic hydroxyl groups is 1. The van der Waals surface area contributed by atoms with Crippen molar-refractivity contribution in [1.29, 1.82) is 0 Å². The lowest BCUT2D eigenvalue weighted by molar-refractivity contribution is -0.151. The largest absolute Gasteiger partial charge is 0.493 e. The summed E-state index contributed by atoms with van der Waals surface area (Å²) >= 11 is 6.57. The number of hydrogen-bond acceptors (Lipinski definition) is 17. The lowest BCUT2D eigenvalue weighted by Gasteiger charge is -2.39. The van der Waals surface area contributed by atoms with E-state index in [1.807, 2.05) is 31.3 Å². The van der Waals surface area contributed by atoms with Crippen LogP contribution in [0.1, 0.15) is 144 Å². The van der Waals surface area contributed by atoms with Crippen LogP contribution in [0.4, 0.5) is 31.4 Å². The van der Waals surface area contributed by atoms with Gasteiger partial charge in [-0.15, -0.1) is 11.6 Å². The van der Waals surface area contributed by atoms with Crippen LogP contribution < -0.4 is 45.3 Å². The van der Waals surface area contributed by atoms with E-state index in [1.54, 1.807) is 65.8 Å². The molecule has 10 rings (SSSR count). The van der Waals surface area contributed by atoms with Crippen LogP contribution >= 0.6 is 11.6 Å². The van der Waals surface area contributed by atoms with Crippen LogP contribution in [0.2, 0.25) is 0 Å². The summed E-state index contributed by atoms with van der Waals surface area (Å²) in [5.41, 5.74) is 0.535. The number of nitrogens with one attached hydrogen (secondary N) is 4. The predicted octanol–water partition coefficient (Wildman–Crippen LogP) is 8.48. The molecule has 0 bridgehead atoms. The monoisotopic (exact) mass is 1390 g/mol. The van der Waals surface area contributed by atoms with Gasteiger partial charge in [-0.1, -0.05) is 42.8 Å². The van der Waals surface area contributed by atoms with Crippen molar-refractivity contribution in [3.05, 3.63) is 95.6 Å². The van der Waals surface area contributed by atoms with Crippen LogP contribution in [0.15, 0.2) is 78.9 Å². The van der Waals surface area contributed by atoms with Gasteiger partial charge in [0.2, 0.25) is 23.6 Å². The Hall–Kier alpha value is -9.01. The van der Waals surface area contributed by atoms with Gasteiger partial charge in [-0.2, -0.15) is 0 Å². The molecule has 3 fully saturated rings. The van der Waals surface area contributed by atoms with Crippen LogP contribution in [-0.4, -0.2) is 194 Å². The Morgan fingerprint density at radius 1 is 0.747 bits per heavy atom. The number of benzene rings is 4. The number of alkyl halides is 1. The third-order valence-electron chi connectivity index (χ3n) is 19.1. The zero-order valence-electron chi connectivity index (χ0n) is 57.0. The number of methoxy groups -OCH3 is 1. The smallest absolute Gasteiger partial charge is 0.416 e. The fourth-order valence-corrected chi connectivity index (χ4v) is 13.7. The summed E-state index contributed by atoms with van der Waals surface area (Å²) in [5, 5.41) is 25.0. The molecule has 5 N–H and O–H groups in total. The van der Waals surface area contributed by atoms with Crippen LogP contribution in [0.25, 0.3) is 10.8 Å². The van der Waals surface area contributed by atoms with Gasteiger partial charge in [0, 0.05) is 112 Å². The predicted molar refractivity (Wildman–Crippen MR) is 369 cm³/mol. The minimum absolute atomic E-state index is 0.0557. The Labute approximate surface area is 581 Å². The molecule has 5 aliphatic heterocycles. The van der Waals surface area contributed by atoms with Gasteiger partial charge >= 0.3 is 18.3 Å². The number of imide groups is 1. The topological polar surface area (TPSA) is 305 Å². The molecule has 0 spiro atoms. The van der Waals surface area contributed by atoms with Crippen molar-refractivity contribution in [2.75, 3.05) is 101 Å². The Morgan fingerprint density at radius 2 is 1.44 bits per heavy atom. The van der Waals surface area contributed by atoms with Gasteiger partial charge in [-0.3, -0.25) is 38.5 Å². The van der Waals surface area contributed by atoms with Crippen molar-refractivity contribution in [2.45, 2.75) is 154 Å². The first-order valence-electron chi connectivity index (χ1n) is 34.4. The van der Waals surface area contributed by atoms with E-state index in [0.29, 0.717) is 125 Å². The number of amides is 10. The molecule has 1 unspecified atom stereocenters. The normalized spacial score (nSPS) is 19.0. The SMILES string of the molecule is COc1cc2c(cc1OCCCCCC(=O)N1C[C@@H](CCl)c3c1cc(OC(=O)N1CCN(C)CC1)c1ccccc31)N(C(=O)OCc1ccc(NC(=O)[C@H](CCCCNC(=O)OC(C)(C)C)NC(=O)C3(C(=O)NCCCCCN4C(=O)C=CC4=O)CCC3)cc1)C(O)[C@@H]1CCCN1C2=O. The summed E-state index contributed by atoms with van der Waals surface area (Å²) in [4.78, 5) is 144.